The van der Waals surface area contributed by atoms with Gasteiger partial charge >= 0.3 is 0 Å². The van der Waals surface area contributed by atoms with Crippen LogP contribution in [-0.2, 0) is 5.41 Å². The first-order valence-electron chi connectivity index (χ1n) is 19.1. The van der Waals surface area contributed by atoms with E-state index in [1.165, 1.54) is 44.5 Å². The summed E-state index contributed by atoms with van der Waals surface area (Å²) in [6.45, 7) is 0. The van der Waals surface area contributed by atoms with Crippen LogP contribution in [0.1, 0.15) is 22.3 Å². The molecule has 0 radical (unpaired) electrons. The summed E-state index contributed by atoms with van der Waals surface area (Å²) in [7, 11) is 0. The zero-order chi connectivity index (χ0) is 37.0. The molecule has 9 aromatic carbocycles. The molecule has 0 saturated heterocycles. The standard InChI is InChI=1S/C53H32ClNO/c54-47-30-29-35(36-17-4-5-20-39(36)47)33-31-46-51(42-22-8-12-26-45(42)53(46)43-24-10-6-18-37(43)38-19-7-11-25-44(38)53)49(32-33)55(34-15-2-1-3-16-34)48-27-14-23-41-40-21-9-13-28-50(40)56-52(41)48/h1-32H. The van der Waals surface area contributed by atoms with E-state index < -0.39 is 5.41 Å². The van der Waals surface area contributed by atoms with Crippen molar-refractivity contribution in [3.63, 3.8) is 0 Å². The van der Waals surface area contributed by atoms with Gasteiger partial charge in [0, 0.05) is 32.4 Å². The third-order valence-electron chi connectivity index (χ3n) is 12.1. The molecule has 1 heterocycles. The SMILES string of the molecule is Clc1ccc(-c2cc(N(c3ccccc3)c3cccc4c3oc3ccccc34)c3c(c2)C2(c4ccccc4-c4ccccc42)c2ccccc2-3)c2ccccc12. The number of anilines is 3. The second-order valence-corrected chi connectivity index (χ2v) is 15.3. The summed E-state index contributed by atoms with van der Waals surface area (Å²) in [5.41, 5.74) is 16.7. The van der Waals surface area contributed by atoms with Crippen LogP contribution in [0, 0.1) is 0 Å². The molecule has 2 aliphatic rings. The quantitative estimate of drug-likeness (QED) is 0.179. The number of halogens is 1. The third-order valence-corrected chi connectivity index (χ3v) is 12.5. The van der Waals surface area contributed by atoms with E-state index >= 15 is 0 Å². The van der Waals surface area contributed by atoms with Crippen LogP contribution in [0.4, 0.5) is 17.1 Å². The minimum Gasteiger partial charge on any atom is -0.454 e. The second kappa shape index (κ2) is 11.8. The van der Waals surface area contributed by atoms with Crippen LogP contribution < -0.4 is 4.90 Å². The fraction of sp³-hybridized carbons (Fsp3) is 0.0189. The number of fused-ring (bicyclic) bond motifs is 14. The van der Waals surface area contributed by atoms with Gasteiger partial charge in [-0.15, -0.1) is 0 Å². The molecule has 3 heteroatoms. The number of nitrogens with zero attached hydrogens (tertiary/aromatic N) is 1. The maximum atomic E-state index is 6.89. The van der Waals surface area contributed by atoms with E-state index in [0.717, 1.165) is 65.9 Å². The fourth-order valence-electron chi connectivity index (χ4n) is 9.93. The van der Waals surface area contributed by atoms with Crippen LogP contribution in [0.5, 0.6) is 0 Å². The first kappa shape index (κ1) is 31.5. The van der Waals surface area contributed by atoms with Gasteiger partial charge < -0.3 is 9.32 Å². The summed E-state index contributed by atoms with van der Waals surface area (Å²) in [5.74, 6) is 0. The van der Waals surface area contributed by atoms with E-state index in [0.29, 0.717) is 0 Å². The molecule has 0 amide bonds. The zero-order valence-corrected chi connectivity index (χ0v) is 31.0. The highest BCUT2D eigenvalue weighted by Crippen LogP contribution is 2.65. The number of benzene rings is 9. The van der Waals surface area contributed by atoms with Gasteiger partial charge in [0.2, 0.25) is 0 Å². The summed E-state index contributed by atoms with van der Waals surface area (Å²) in [4.78, 5) is 2.42. The molecule has 1 aromatic heterocycles. The Kier molecular flexibility index (Phi) is 6.64. The Hall–Kier alpha value is -6.87. The Bertz CT molecular complexity index is 3190. The third kappa shape index (κ3) is 4.17. The van der Waals surface area contributed by atoms with Crippen molar-refractivity contribution in [2.45, 2.75) is 5.41 Å². The first-order chi connectivity index (χ1) is 27.7. The molecule has 2 nitrogen and oxygen atoms in total. The Morgan fingerprint density at radius 1 is 0.411 bits per heavy atom. The minimum absolute atomic E-state index is 0.542. The van der Waals surface area contributed by atoms with Crippen LogP contribution in [0.2, 0.25) is 5.02 Å². The highest BCUT2D eigenvalue weighted by Gasteiger charge is 2.52. The number of furan rings is 1. The van der Waals surface area contributed by atoms with E-state index in [9.17, 15) is 0 Å². The molecule has 0 N–H and O–H groups in total. The maximum Gasteiger partial charge on any atom is 0.159 e. The van der Waals surface area contributed by atoms with Gasteiger partial charge in [-0.25, -0.2) is 0 Å². The van der Waals surface area contributed by atoms with Crippen LogP contribution in [0.25, 0.3) is 66.1 Å². The van der Waals surface area contributed by atoms with E-state index in [4.69, 9.17) is 16.0 Å². The van der Waals surface area contributed by atoms with Crippen molar-refractivity contribution in [3.05, 3.63) is 221 Å². The predicted molar refractivity (Wildman–Crippen MR) is 233 cm³/mol. The van der Waals surface area contributed by atoms with Crippen molar-refractivity contribution < 1.29 is 4.42 Å². The molecule has 0 atom stereocenters. The molecule has 0 bridgehead atoms. The van der Waals surface area contributed by atoms with Gasteiger partial charge in [0.25, 0.3) is 0 Å². The molecule has 0 unspecified atom stereocenters. The molecule has 0 aliphatic heterocycles. The number of hydrogen-bond acceptors (Lipinski definition) is 2. The van der Waals surface area contributed by atoms with Crippen molar-refractivity contribution in [2.24, 2.45) is 0 Å². The van der Waals surface area contributed by atoms with E-state index in [2.05, 4.69) is 187 Å². The number of para-hydroxylation sites is 3. The van der Waals surface area contributed by atoms with Crippen LogP contribution in [0.15, 0.2) is 199 Å². The molecule has 10 aromatic rings. The van der Waals surface area contributed by atoms with Crippen LogP contribution >= 0.6 is 11.6 Å². The smallest absolute Gasteiger partial charge is 0.159 e. The lowest BCUT2D eigenvalue weighted by Crippen LogP contribution is -2.26. The second-order valence-electron chi connectivity index (χ2n) is 14.9. The van der Waals surface area contributed by atoms with E-state index in [1.54, 1.807) is 0 Å². The average molecular weight is 734 g/mol. The highest BCUT2D eigenvalue weighted by molar-refractivity contribution is 6.36. The Morgan fingerprint density at radius 2 is 1.00 bits per heavy atom. The summed E-state index contributed by atoms with van der Waals surface area (Å²) in [5, 5.41) is 5.10. The molecule has 1 spiro atoms. The summed E-state index contributed by atoms with van der Waals surface area (Å²) in [6.07, 6.45) is 0. The summed E-state index contributed by atoms with van der Waals surface area (Å²) < 4.78 is 6.81. The Morgan fingerprint density at radius 3 is 1.75 bits per heavy atom. The van der Waals surface area contributed by atoms with Gasteiger partial charge in [-0.1, -0.05) is 163 Å². The lowest BCUT2D eigenvalue weighted by molar-refractivity contribution is 0.669. The molecule has 0 fully saturated rings. The Balaban J connectivity index is 1.27. The number of rotatable bonds is 4. The zero-order valence-electron chi connectivity index (χ0n) is 30.2. The maximum absolute atomic E-state index is 6.89. The van der Waals surface area contributed by atoms with Gasteiger partial charge in [-0.2, -0.15) is 0 Å². The molecule has 56 heavy (non-hydrogen) atoms. The molecule has 12 rings (SSSR count). The van der Waals surface area contributed by atoms with Gasteiger partial charge in [-0.05, 0) is 97.9 Å². The van der Waals surface area contributed by atoms with Crippen molar-refractivity contribution in [1.82, 2.24) is 0 Å². The molecule has 262 valence electrons. The summed E-state index contributed by atoms with van der Waals surface area (Å²) in [6, 6.07) is 70.2. The van der Waals surface area contributed by atoms with Gasteiger partial charge in [0.1, 0.15) is 5.58 Å². The van der Waals surface area contributed by atoms with Crippen LogP contribution in [-0.4, -0.2) is 0 Å². The normalized spacial score (nSPS) is 13.2. The van der Waals surface area contributed by atoms with Gasteiger partial charge in [0.15, 0.2) is 5.58 Å². The lowest BCUT2D eigenvalue weighted by Gasteiger charge is -2.32. The van der Waals surface area contributed by atoms with Crippen molar-refractivity contribution in [3.8, 4) is 33.4 Å². The van der Waals surface area contributed by atoms with Gasteiger partial charge in [-0.3, -0.25) is 0 Å². The fourth-order valence-corrected chi connectivity index (χ4v) is 10.2. The minimum atomic E-state index is -0.542. The van der Waals surface area contributed by atoms with E-state index in [-0.39, 0.29) is 0 Å². The predicted octanol–water partition coefficient (Wildman–Crippen LogP) is 14.9. The van der Waals surface area contributed by atoms with Crippen molar-refractivity contribution in [1.29, 1.82) is 0 Å². The molecular formula is C53H32ClNO. The van der Waals surface area contributed by atoms with E-state index in [1.807, 2.05) is 12.1 Å². The number of hydrogen-bond donors (Lipinski definition) is 0. The van der Waals surface area contributed by atoms with Gasteiger partial charge in [0.05, 0.1) is 16.8 Å². The Labute approximate surface area is 329 Å². The van der Waals surface area contributed by atoms with Crippen molar-refractivity contribution >= 4 is 61.4 Å². The highest BCUT2D eigenvalue weighted by atomic mass is 35.5. The topological polar surface area (TPSA) is 16.4 Å². The molecule has 0 saturated carbocycles. The molecule has 2 aliphatic carbocycles. The van der Waals surface area contributed by atoms with Crippen molar-refractivity contribution in [2.75, 3.05) is 4.90 Å². The first-order valence-corrected chi connectivity index (χ1v) is 19.5. The molecular weight excluding hydrogens is 702 g/mol. The van der Waals surface area contributed by atoms with Crippen LogP contribution in [0.3, 0.4) is 0 Å². The lowest BCUT2D eigenvalue weighted by atomic mass is 9.70. The average Bonchev–Trinajstić information content (AvgIpc) is 3.89. The largest absolute Gasteiger partial charge is 0.454 e. The summed E-state index contributed by atoms with van der Waals surface area (Å²) >= 11 is 6.89. The monoisotopic (exact) mass is 733 g/mol.